The first-order valence-electron chi connectivity index (χ1n) is 9.64. The molecular weight excluding hydrogens is 344 g/mol. The number of aliphatic carboxylic acids is 1. The summed E-state index contributed by atoms with van der Waals surface area (Å²) < 4.78 is 0. The highest BCUT2D eigenvalue weighted by Gasteiger charge is 2.48. The third-order valence-corrected chi connectivity index (χ3v) is 6.08. The first-order chi connectivity index (χ1) is 13.0. The van der Waals surface area contributed by atoms with Gasteiger partial charge in [-0.25, -0.2) is 0 Å². The highest BCUT2D eigenvalue weighted by molar-refractivity contribution is 5.98. The normalized spacial score (nSPS) is 29.0. The number of benzene rings is 1. The number of carboxylic acids is 1. The summed E-state index contributed by atoms with van der Waals surface area (Å²) in [4.78, 5) is 38.5. The second-order valence-electron chi connectivity index (χ2n) is 7.74. The van der Waals surface area contributed by atoms with Crippen molar-refractivity contribution in [1.82, 2.24) is 4.90 Å². The van der Waals surface area contributed by atoms with E-state index in [1.807, 2.05) is 17.1 Å². The molecule has 27 heavy (non-hydrogen) atoms. The van der Waals surface area contributed by atoms with Crippen LogP contribution < -0.4 is 10.4 Å². The van der Waals surface area contributed by atoms with Gasteiger partial charge in [-0.15, -0.1) is 0 Å². The minimum absolute atomic E-state index is 0.0165. The number of carbonyl (C=O) groups excluding carboxylic acids is 3. The summed E-state index contributed by atoms with van der Waals surface area (Å²) in [6.45, 7) is 1.58. The lowest BCUT2D eigenvalue weighted by Gasteiger charge is -2.28. The van der Waals surface area contributed by atoms with E-state index in [1.54, 1.807) is 24.3 Å². The molecule has 0 radical (unpaired) electrons. The minimum Gasteiger partial charge on any atom is -0.550 e. The van der Waals surface area contributed by atoms with Gasteiger partial charge >= 0.3 is 0 Å². The Balaban J connectivity index is 1.42. The van der Waals surface area contributed by atoms with Gasteiger partial charge in [0.2, 0.25) is 5.91 Å². The Kier molecular flexibility index (Phi) is 4.72. The standard InChI is InChI=1S/C21H24N2O4/c24-19(17-14-4-5-15(12-14)18(17)21(26)27)22-16-8-6-13(7-9-16)20(25)23-10-2-1-3-11-23/h4-9,14-15,17-18H,1-3,10-12H2,(H,22,24)(H,26,27)/p-1/t14-,15+,17-,18+/m1/s1. The number of nitrogens with one attached hydrogen (secondary N) is 1. The topological polar surface area (TPSA) is 89.5 Å². The van der Waals surface area contributed by atoms with Gasteiger partial charge in [0, 0.05) is 36.2 Å². The molecule has 4 rings (SSSR count). The smallest absolute Gasteiger partial charge is 0.253 e. The van der Waals surface area contributed by atoms with Crippen molar-refractivity contribution >= 4 is 23.5 Å². The van der Waals surface area contributed by atoms with Crippen LogP contribution in [0.5, 0.6) is 0 Å². The molecule has 6 heteroatoms. The van der Waals surface area contributed by atoms with Crippen molar-refractivity contribution in [2.45, 2.75) is 25.7 Å². The molecule has 1 saturated heterocycles. The number of fused-ring (bicyclic) bond motifs is 2. The van der Waals surface area contributed by atoms with Crippen LogP contribution in [0.4, 0.5) is 5.69 Å². The van der Waals surface area contributed by atoms with Crippen molar-refractivity contribution in [2.75, 3.05) is 18.4 Å². The molecule has 1 aromatic rings. The van der Waals surface area contributed by atoms with E-state index < -0.39 is 17.8 Å². The van der Waals surface area contributed by atoms with Gasteiger partial charge in [0.25, 0.3) is 5.91 Å². The molecule has 2 bridgehead atoms. The van der Waals surface area contributed by atoms with Crippen molar-refractivity contribution in [3.05, 3.63) is 42.0 Å². The fourth-order valence-electron chi connectivity index (χ4n) is 4.70. The number of likely N-dealkylation sites (tertiary alicyclic amines) is 1. The number of hydrogen-bond donors (Lipinski definition) is 1. The van der Waals surface area contributed by atoms with Gasteiger partial charge in [0.1, 0.15) is 0 Å². The van der Waals surface area contributed by atoms with Crippen molar-refractivity contribution in [3.63, 3.8) is 0 Å². The highest BCUT2D eigenvalue weighted by Crippen LogP contribution is 2.48. The Morgan fingerprint density at radius 3 is 2.19 bits per heavy atom. The molecule has 142 valence electrons. The van der Waals surface area contributed by atoms with E-state index in [2.05, 4.69) is 5.32 Å². The molecule has 2 fully saturated rings. The second-order valence-corrected chi connectivity index (χ2v) is 7.74. The molecule has 0 aromatic heterocycles. The van der Waals surface area contributed by atoms with Crippen LogP contribution in [-0.4, -0.2) is 35.8 Å². The zero-order chi connectivity index (χ0) is 19.0. The van der Waals surface area contributed by atoms with Crippen LogP contribution in [0.1, 0.15) is 36.0 Å². The van der Waals surface area contributed by atoms with Crippen LogP contribution in [-0.2, 0) is 9.59 Å². The van der Waals surface area contributed by atoms with E-state index in [9.17, 15) is 19.5 Å². The number of hydrogen-bond acceptors (Lipinski definition) is 4. The van der Waals surface area contributed by atoms with Crippen molar-refractivity contribution < 1.29 is 19.5 Å². The van der Waals surface area contributed by atoms with E-state index >= 15 is 0 Å². The van der Waals surface area contributed by atoms with Crippen LogP contribution in [0, 0.1) is 23.7 Å². The summed E-state index contributed by atoms with van der Waals surface area (Å²) in [6, 6.07) is 6.82. The molecule has 1 aliphatic heterocycles. The molecule has 1 aromatic carbocycles. The number of amides is 2. The predicted molar refractivity (Wildman–Crippen MR) is 97.6 cm³/mol. The van der Waals surface area contributed by atoms with Crippen LogP contribution in [0.3, 0.4) is 0 Å². The van der Waals surface area contributed by atoms with Crippen molar-refractivity contribution in [2.24, 2.45) is 23.7 Å². The maximum Gasteiger partial charge on any atom is 0.253 e. The van der Waals surface area contributed by atoms with E-state index in [4.69, 9.17) is 0 Å². The fourth-order valence-corrected chi connectivity index (χ4v) is 4.70. The Morgan fingerprint density at radius 1 is 0.926 bits per heavy atom. The van der Waals surface area contributed by atoms with Crippen LogP contribution in [0.15, 0.2) is 36.4 Å². The number of carbonyl (C=O) groups is 3. The largest absolute Gasteiger partial charge is 0.550 e. The van der Waals surface area contributed by atoms with E-state index in [0.717, 1.165) is 25.9 Å². The van der Waals surface area contributed by atoms with Gasteiger partial charge in [-0.1, -0.05) is 12.2 Å². The van der Waals surface area contributed by atoms with Gasteiger partial charge in [0.05, 0.1) is 5.92 Å². The molecule has 0 spiro atoms. The summed E-state index contributed by atoms with van der Waals surface area (Å²) in [5, 5.41) is 14.3. The van der Waals surface area contributed by atoms with Crippen LogP contribution in [0.2, 0.25) is 0 Å². The van der Waals surface area contributed by atoms with Gasteiger partial charge in [0.15, 0.2) is 0 Å². The lowest BCUT2D eigenvalue weighted by Crippen LogP contribution is -2.42. The molecule has 3 aliphatic rings. The first kappa shape index (κ1) is 17.8. The Morgan fingerprint density at radius 2 is 1.56 bits per heavy atom. The van der Waals surface area contributed by atoms with Gasteiger partial charge in [-0.05, 0) is 61.8 Å². The van der Waals surface area contributed by atoms with Crippen molar-refractivity contribution in [3.8, 4) is 0 Å². The number of carboxylic acid groups (broad SMARTS) is 1. The average Bonchev–Trinajstić information content (AvgIpc) is 3.30. The zero-order valence-electron chi connectivity index (χ0n) is 15.1. The second kappa shape index (κ2) is 7.18. The Bertz CT molecular complexity index is 780. The van der Waals surface area contributed by atoms with Crippen molar-refractivity contribution in [1.29, 1.82) is 0 Å². The molecule has 1 N–H and O–H groups in total. The first-order valence-corrected chi connectivity index (χ1v) is 9.64. The SMILES string of the molecule is O=C([O-])[C@@H]1[C@H](C(=O)Nc2ccc(C(=O)N3CCCCC3)cc2)[C@@H]2C=C[C@H]1C2. The van der Waals surface area contributed by atoms with Gasteiger partial charge < -0.3 is 20.1 Å². The summed E-state index contributed by atoms with van der Waals surface area (Å²) in [5.41, 5.74) is 1.17. The quantitative estimate of drug-likeness (QED) is 0.816. The molecule has 0 unspecified atom stereocenters. The van der Waals surface area contributed by atoms with E-state index in [-0.39, 0.29) is 23.7 Å². The molecule has 4 atom stereocenters. The molecule has 6 nitrogen and oxygen atoms in total. The maximum absolute atomic E-state index is 12.7. The number of rotatable bonds is 4. The van der Waals surface area contributed by atoms with E-state index in [1.165, 1.54) is 6.42 Å². The lowest BCUT2D eigenvalue weighted by molar-refractivity contribution is -0.313. The van der Waals surface area contributed by atoms with Gasteiger partial charge in [-0.2, -0.15) is 0 Å². The summed E-state index contributed by atoms with van der Waals surface area (Å²) in [7, 11) is 0. The Labute approximate surface area is 158 Å². The fraction of sp³-hybridized carbons (Fsp3) is 0.476. The predicted octanol–water partition coefficient (Wildman–Crippen LogP) is 1.44. The summed E-state index contributed by atoms with van der Waals surface area (Å²) in [6.07, 6.45) is 7.76. The highest BCUT2D eigenvalue weighted by atomic mass is 16.4. The number of anilines is 1. The summed E-state index contributed by atoms with van der Waals surface area (Å²) in [5.74, 6) is -2.95. The number of piperidine rings is 1. The maximum atomic E-state index is 12.7. The lowest BCUT2D eigenvalue weighted by atomic mass is 9.82. The monoisotopic (exact) mass is 367 g/mol. The van der Waals surface area contributed by atoms with Crippen LogP contribution >= 0.6 is 0 Å². The third-order valence-electron chi connectivity index (χ3n) is 6.08. The zero-order valence-corrected chi connectivity index (χ0v) is 15.1. The Hall–Kier alpha value is -2.63. The van der Waals surface area contributed by atoms with E-state index in [0.29, 0.717) is 17.7 Å². The minimum atomic E-state index is -1.16. The van der Waals surface area contributed by atoms with Crippen LogP contribution in [0.25, 0.3) is 0 Å². The summed E-state index contributed by atoms with van der Waals surface area (Å²) >= 11 is 0. The molecule has 2 aliphatic carbocycles. The number of allylic oxidation sites excluding steroid dienone is 2. The molecular formula is C21H23N2O4-. The molecule has 1 heterocycles. The third kappa shape index (κ3) is 3.36. The molecule has 2 amide bonds. The molecule has 1 saturated carbocycles. The average molecular weight is 367 g/mol. The van der Waals surface area contributed by atoms with Gasteiger partial charge in [-0.3, -0.25) is 9.59 Å². The number of nitrogens with zero attached hydrogens (tertiary/aromatic N) is 1.